The topological polar surface area (TPSA) is 99.2 Å². The first-order chi connectivity index (χ1) is 13.6. The second-order valence-electron chi connectivity index (χ2n) is 6.05. The molecule has 0 saturated heterocycles. The average Bonchev–Trinajstić information content (AvgIpc) is 3.36. The monoisotopic (exact) mass is 381 g/mol. The molecule has 0 radical (unpaired) electrons. The number of ether oxygens (including phenoxy) is 1. The van der Waals surface area contributed by atoms with Crippen molar-refractivity contribution < 1.29 is 13.9 Å². The molecule has 0 saturated carbocycles. The molecule has 0 aliphatic rings. The van der Waals surface area contributed by atoms with Gasteiger partial charge in [0.2, 0.25) is 5.88 Å². The third-order valence-corrected chi connectivity index (χ3v) is 4.07. The molecule has 0 bridgehead atoms. The van der Waals surface area contributed by atoms with Crippen molar-refractivity contribution in [1.29, 1.82) is 0 Å². The molecule has 142 valence electrons. The van der Waals surface area contributed by atoms with Crippen LogP contribution in [0, 0.1) is 5.82 Å². The highest BCUT2D eigenvalue weighted by Gasteiger charge is 2.14. The van der Waals surface area contributed by atoms with Crippen molar-refractivity contribution in [1.82, 2.24) is 34.9 Å². The van der Waals surface area contributed by atoms with E-state index < -0.39 is 0 Å². The van der Waals surface area contributed by atoms with Crippen LogP contribution in [0.1, 0.15) is 18.5 Å². The Bertz CT molecular complexity index is 1120. The highest BCUT2D eigenvalue weighted by molar-refractivity contribution is 5.77. The van der Waals surface area contributed by atoms with Crippen LogP contribution in [0.2, 0.25) is 0 Å². The van der Waals surface area contributed by atoms with E-state index in [4.69, 9.17) is 4.74 Å². The fraction of sp³-hybridized carbons (Fsp3) is 0.167. The number of fused-ring (bicyclic) bond motifs is 1. The summed E-state index contributed by atoms with van der Waals surface area (Å²) < 4.78 is 22.2. The summed E-state index contributed by atoms with van der Waals surface area (Å²) in [4.78, 5) is 12.2. The van der Waals surface area contributed by atoms with Crippen molar-refractivity contribution in [2.75, 3.05) is 6.61 Å². The number of benzene rings is 1. The van der Waals surface area contributed by atoms with Gasteiger partial charge in [0.1, 0.15) is 17.8 Å². The molecular formula is C18H16FN7O2. The van der Waals surface area contributed by atoms with Crippen LogP contribution < -0.4 is 10.1 Å². The van der Waals surface area contributed by atoms with Crippen LogP contribution in [0.5, 0.6) is 5.88 Å². The van der Waals surface area contributed by atoms with E-state index >= 15 is 0 Å². The molecule has 3 aromatic heterocycles. The molecule has 0 fully saturated rings. The first-order valence-corrected chi connectivity index (χ1v) is 8.49. The van der Waals surface area contributed by atoms with Gasteiger partial charge < -0.3 is 10.1 Å². The number of aromatic nitrogens is 6. The Kier molecular flexibility index (Phi) is 4.67. The van der Waals surface area contributed by atoms with E-state index in [-0.39, 0.29) is 30.3 Å². The minimum Gasteiger partial charge on any atom is -0.467 e. The molecule has 0 aliphatic heterocycles. The predicted octanol–water partition coefficient (Wildman–Crippen LogP) is 1.71. The largest absolute Gasteiger partial charge is 0.467 e. The minimum atomic E-state index is -0.375. The molecule has 0 spiro atoms. The molecule has 1 N–H and O–H groups in total. The number of carbonyl (C=O) groups excluding carboxylic acids is 1. The van der Waals surface area contributed by atoms with Crippen molar-refractivity contribution >= 4 is 11.6 Å². The third kappa shape index (κ3) is 3.65. The fourth-order valence-electron chi connectivity index (χ4n) is 2.62. The zero-order valence-corrected chi connectivity index (χ0v) is 14.9. The molecule has 1 aromatic carbocycles. The molecule has 0 aliphatic carbocycles. The molecule has 10 heteroatoms. The SMILES string of the molecule is C[C@H](NC(=O)COc1ccc2nncn2n1)c1cnn(-c2ccccc2F)c1. The number of nitrogens with one attached hydrogen (secondary N) is 1. The Balaban J connectivity index is 1.36. The first kappa shape index (κ1) is 17.6. The van der Waals surface area contributed by atoms with Crippen LogP contribution in [-0.2, 0) is 4.79 Å². The van der Waals surface area contributed by atoms with Crippen molar-refractivity contribution in [2.45, 2.75) is 13.0 Å². The lowest BCUT2D eigenvalue weighted by molar-refractivity contribution is -0.123. The summed E-state index contributed by atoms with van der Waals surface area (Å²) in [6, 6.07) is 9.31. The molecule has 1 atom stereocenters. The zero-order valence-electron chi connectivity index (χ0n) is 14.9. The van der Waals surface area contributed by atoms with Crippen molar-refractivity contribution in [3.8, 4) is 11.6 Å². The van der Waals surface area contributed by atoms with Gasteiger partial charge in [0.25, 0.3) is 5.91 Å². The number of halogens is 1. The molecule has 0 unspecified atom stereocenters. The van der Waals surface area contributed by atoms with E-state index in [1.54, 1.807) is 42.7 Å². The van der Waals surface area contributed by atoms with Crippen molar-refractivity contribution in [3.63, 3.8) is 0 Å². The van der Waals surface area contributed by atoms with E-state index in [9.17, 15) is 9.18 Å². The molecule has 28 heavy (non-hydrogen) atoms. The summed E-state index contributed by atoms with van der Waals surface area (Å²) in [5, 5.41) is 18.7. The van der Waals surface area contributed by atoms with Crippen LogP contribution in [0.3, 0.4) is 0 Å². The summed E-state index contributed by atoms with van der Waals surface area (Å²) >= 11 is 0. The normalized spacial score (nSPS) is 12.1. The van der Waals surface area contributed by atoms with Crippen LogP contribution in [0.15, 0.2) is 55.1 Å². The number of nitrogens with zero attached hydrogens (tertiary/aromatic N) is 6. The van der Waals surface area contributed by atoms with Gasteiger partial charge in [-0.25, -0.2) is 9.07 Å². The number of rotatable bonds is 6. The molecule has 4 rings (SSSR count). The Morgan fingerprint density at radius 1 is 1.29 bits per heavy atom. The number of para-hydroxylation sites is 1. The molecule has 4 aromatic rings. The lowest BCUT2D eigenvalue weighted by Gasteiger charge is -2.12. The fourth-order valence-corrected chi connectivity index (χ4v) is 2.62. The highest BCUT2D eigenvalue weighted by Crippen LogP contribution is 2.16. The lowest BCUT2D eigenvalue weighted by atomic mass is 10.2. The zero-order chi connectivity index (χ0) is 19.5. The van der Waals surface area contributed by atoms with Gasteiger partial charge in [0.05, 0.1) is 12.2 Å². The van der Waals surface area contributed by atoms with E-state index in [0.29, 0.717) is 11.3 Å². The Morgan fingerprint density at radius 2 is 2.14 bits per heavy atom. The average molecular weight is 381 g/mol. The van der Waals surface area contributed by atoms with Crippen LogP contribution >= 0.6 is 0 Å². The lowest BCUT2D eigenvalue weighted by Crippen LogP contribution is -2.31. The summed E-state index contributed by atoms with van der Waals surface area (Å²) in [5.41, 5.74) is 1.66. The maximum absolute atomic E-state index is 13.9. The maximum atomic E-state index is 13.9. The van der Waals surface area contributed by atoms with E-state index in [2.05, 4.69) is 25.7 Å². The van der Waals surface area contributed by atoms with E-state index in [0.717, 1.165) is 5.56 Å². The summed E-state index contributed by atoms with van der Waals surface area (Å²) in [6.45, 7) is 1.61. The van der Waals surface area contributed by atoms with Gasteiger partial charge in [-0.15, -0.1) is 15.3 Å². The summed E-state index contributed by atoms with van der Waals surface area (Å²) in [5.74, 6) is -0.418. The summed E-state index contributed by atoms with van der Waals surface area (Å²) in [7, 11) is 0. The molecule has 9 nitrogen and oxygen atoms in total. The summed E-state index contributed by atoms with van der Waals surface area (Å²) in [6.07, 6.45) is 4.70. The standard InChI is InChI=1S/C18H16FN7O2/c1-12(13-8-21-25(9-13)15-5-3-2-4-14(15)19)22-17(27)10-28-18-7-6-16-23-20-11-26(16)24-18/h2-9,11-12H,10H2,1H3,(H,22,27)/t12-/m0/s1. The quantitative estimate of drug-likeness (QED) is 0.546. The number of carbonyl (C=O) groups is 1. The van der Waals surface area contributed by atoms with Gasteiger partial charge >= 0.3 is 0 Å². The van der Waals surface area contributed by atoms with Gasteiger partial charge in [-0.05, 0) is 25.1 Å². The van der Waals surface area contributed by atoms with Gasteiger partial charge in [-0.2, -0.15) is 9.61 Å². The van der Waals surface area contributed by atoms with Crippen molar-refractivity contribution in [3.05, 3.63) is 66.5 Å². The number of hydrogen-bond acceptors (Lipinski definition) is 6. The Morgan fingerprint density at radius 3 is 3.00 bits per heavy atom. The Labute approximate surface area is 158 Å². The van der Waals surface area contributed by atoms with Crippen molar-refractivity contribution in [2.24, 2.45) is 0 Å². The van der Waals surface area contributed by atoms with Gasteiger partial charge in [0.15, 0.2) is 12.3 Å². The minimum absolute atomic E-state index is 0.202. The molecule has 1 amide bonds. The maximum Gasteiger partial charge on any atom is 0.258 e. The first-order valence-electron chi connectivity index (χ1n) is 8.49. The van der Waals surface area contributed by atoms with Crippen LogP contribution in [-0.4, -0.2) is 42.1 Å². The molecular weight excluding hydrogens is 365 g/mol. The van der Waals surface area contributed by atoms with Gasteiger partial charge in [0, 0.05) is 17.8 Å². The van der Waals surface area contributed by atoms with Gasteiger partial charge in [-0.3, -0.25) is 4.79 Å². The smallest absolute Gasteiger partial charge is 0.258 e. The van der Waals surface area contributed by atoms with Crippen LogP contribution in [0.25, 0.3) is 11.3 Å². The highest BCUT2D eigenvalue weighted by atomic mass is 19.1. The van der Waals surface area contributed by atoms with E-state index in [1.807, 2.05) is 6.92 Å². The van der Waals surface area contributed by atoms with E-state index in [1.165, 1.54) is 21.6 Å². The molecule has 3 heterocycles. The van der Waals surface area contributed by atoms with Gasteiger partial charge in [-0.1, -0.05) is 12.1 Å². The Hall–Kier alpha value is -3.82. The second kappa shape index (κ2) is 7.43. The van der Waals surface area contributed by atoms with Crippen LogP contribution in [0.4, 0.5) is 4.39 Å². The number of amides is 1. The number of hydrogen-bond donors (Lipinski definition) is 1. The third-order valence-electron chi connectivity index (χ3n) is 4.07. The second-order valence-corrected chi connectivity index (χ2v) is 6.05. The predicted molar refractivity (Wildman–Crippen MR) is 96.4 cm³/mol.